The van der Waals surface area contributed by atoms with Gasteiger partial charge in [0.05, 0.1) is 42.6 Å². The second kappa shape index (κ2) is 9.51. The van der Waals surface area contributed by atoms with Gasteiger partial charge in [-0.05, 0) is 37.3 Å². The number of nitrogens with zero attached hydrogens (tertiary/aromatic N) is 6. The first-order valence-corrected chi connectivity index (χ1v) is 11.8. The summed E-state index contributed by atoms with van der Waals surface area (Å²) in [6.45, 7) is 4.45. The second-order valence-electron chi connectivity index (χ2n) is 8.54. The molecule has 4 heterocycles. The van der Waals surface area contributed by atoms with E-state index in [-0.39, 0.29) is 5.69 Å². The number of hydrogen-bond donors (Lipinski definition) is 1. The van der Waals surface area contributed by atoms with E-state index in [2.05, 4.69) is 30.3 Å². The topological polar surface area (TPSA) is 98.9 Å². The number of methoxy groups -OCH3 is 1. The van der Waals surface area contributed by atoms with Crippen molar-refractivity contribution in [3.63, 3.8) is 0 Å². The molecular weight excluding hydrogens is 477 g/mol. The molecule has 0 amide bonds. The van der Waals surface area contributed by atoms with Crippen molar-refractivity contribution in [2.24, 2.45) is 0 Å². The number of anilines is 3. The molecule has 1 aliphatic heterocycles. The van der Waals surface area contributed by atoms with Gasteiger partial charge in [-0.15, -0.1) is 0 Å². The number of pyridine rings is 1. The van der Waals surface area contributed by atoms with Crippen LogP contribution in [0.1, 0.15) is 5.56 Å². The van der Waals surface area contributed by atoms with E-state index < -0.39 is 5.82 Å². The van der Waals surface area contributed by atoms with Crippen LogP contribution >= 0.6 is 0 Å². The number of halogens is 1. The molecule has 0 saturated carbocycles. The molecule has 1 aliphatic rings. The van der Waals surface area contributed by atoms with Crippen LogP contribution in [0.5, 0.6) is 17.2 Å². The third-order valence-corrected chi connectivity index (χ3v) is 6.36. The van der Waals surface area contributed by atoms with Crippen molar-refractivity contribution in [3.05, 3.63) is 66.6 Å². The molecule has 5 aromatic rings. The molecule has 11 heteroatoms. The zero-order valence-corrected chi connectivity index (χ0v) is 20.3. The zero-order chi connectivity index (χ0) is 25.4. The highest BCUT2D eigenvalue weighted by atomic mass is 19.1. The third kappa shape index (κ3) is 4.23. The number of morpholine rings is 1. The van der Waals surface area contributed by atoms with Crippen molar-refractivity contribution in [2.45, 2.75) is 6.92 Å². The Bertz CT molecular complexity index is 1600. The molecule has 0 radical (unpaired) electrons. The van der Waals surface area contributed by atoms with E-state index in [0.717, 1.165) is 18.8 Å². The smallest absolute Gasteiger partial charge is 0.158 e. The number of nitrogens with one attached hydrogen (secondary N) is 1. The van der Waals surface area contributed by atoms with Gasteiger partial charge in [-0.25, -0.2) is 23.9 Å². The second-order valence-corrected chi connectivity index (χ2v) is 8.54. The average Bonchev–Trinajstić information content (AvgIpc) is 3.41. The molecule has 1 N–H and O–H groups in total. The summed E-state index contributed by atoms with van der Waals surface area (Å²) in [5.41, 5.74) is 2.85. The van der Waals surface area contributed by atoms with Gasteiger partial charge < -0.3 is 24.4 Å². The first-order chi connectivity index (χ1) is 18.1. The van der Waals surface area contributed by atoms with Crippen molar-refractivity contribution in [2.75, 3.05) is 43.6 Å². The average molecular weight is 502 g/mol. The summed E-state index contributed by atoms with van der Waals surface area (Å²) in [5.74, 6) is 1.55. The van der Waals surface area contributed by atoms with Gasteiger partial charge in [-0.1, -0.05) is 0 Å². The molecule has 188 valence electrons. The standard InChI is InChI=1S/C26H24FN7O3/c1-16-21(37-17-7-8-34-22(13-17)29-15-31-34)6-4-19(24(16)27)32-26-23-18(28-14-30-26)3-5-20(25(23)35-2)33-9-11-36-12-10-33/h3-8,13-15H,9-12H2,1-2H3,(H,28,30,32). The lowest BCUT2D eigenvalue weighted by molar-refractivity contribution is 0.122. The van der Waals surface area contributed by atoms with Crippen LogP contribution in [-0.4, -0.2) is 58.0 Å². The fraction of sp³-hybridized carbons (Fsp3) is 0.231. The zero-order valence-electron chi connectivity index (χ0n) is 20.3. The van der Waals surface area contributed by atoms with E-state index in [1.165, 1.54) is 12.7 Å². The molecular formula is C26H24FN7O3. The van der Waals surface area contributed by atoms with Gasteiger partial charge in [-0.3, -0.25) is 0 Å². The maximum absolute atomic E-state index is 15.5. The van der Waals surface area contributed by atoms with E-state index >= 15 is 4.39 Å². The molecule has 37 heavy (non-hydrogen) atoms. The molecule has 1 saturated heterocycles. The minimum absolute atomic E-state index is 0.261. The first kappa shape index (κ1) is 22.9. The van der Waals surface area contributed by atoms with Crippen LogP contribution < -0.4 is 19.7 Å². The van der Waals surface area contributed by atoms with Crippen LogP contribution in [0.4, 0.5) is 21.6 Å². The number of benzene rings is 2. The fourth-order valence-corrected chi connectivity index (χ4v) is 4.45. The van der Waals surface area contributed by atoms with Gasteiger partial charge in [0.2, 0.25) is 0 Å². The maximum Gasteiger partial charge on any atom is 0.158 e. The molecule has 0 atom stereocenters. The minimum Gasteiger partial charge on any atom is -0.494 e. The number of fused-ring (bicyclic) bond motifs is 2. The normalized spacial score (nSPS) is 13.8. The Labute approximate surface area is 211 Å². The SMILES string of the molecule is COc1c(N2CCOCC2)ccc2ncnc(Nc3ccc(Oc4ccn5ncnc5c4)c(C)c3F)c12. The molecule has 0 aliphatic carbocycles. The molecule has 3 aromatic heterocycles. The summed E-state index contributed by atoms with van der Waals surface area (Å²) >= 11 is 0. The van der Waals surface area contributed by atoms with Crippen LogP contribution in [-0.2, 0) is 4.74 Å². The van der Waals surface area contributed by atoms with Crippen LogP contribution in [0, 0.1) is 12.7 Å². The lowest BCUT2D eigenvalue weighted by atomic mass is 10.1. The predicted octanol–water partition coefficient (Wildman–Crippen LogP) is 4.50. The maximum atomic E-state index is 15.5. The van der Waals surface area contributed by atoms with Gasteiger partial charge in [0.25, 0.3) is 0 Å². The lowest BCUT2D eigenvalue weighted by Gasteiger charge is -2.30. The quantitative estimate of drug-likeness (QED) is 0.360. The summed E-state index contributed by atoms with van der Waals surface area (Å²) in [5, 5.41) is 7.89. The van der Waals surface area contributed by atoms with Gasteiger partial charge in [0.1, 0.15) is 30.0 Å². The molecule has 0 spiro atoms. The highest BCUT2D eigenvalue weighted by molar-refractivity contribution is 6.00. The van der Waals surface area contributed by atoms with Crippen molar-refractivity contribution >= 4 is 33.7 Å². The van der Waals surface area contributed by atoms with E-state index in [1.54, 1.807) is 49.0 Å². The Morgan fingerprint density at radius 1 is 1.03 bits per heavy atom. The predicted molar refractivity (Wildman–Crippen MR) is 137 cm³/mol. The van der Waals surface area contributed by atoms with Crippen LogP contribution in [0.2, 0.25) is 0 Å². The van der Waals surface area contributed by atoms with Crippen LogP contribution in [0.3, 0.4) is 0 Å². The summed E-state index contributed by atoms with van der Waals surface area (Å²) in [7, 11) is 1.61. The van der Waals surface area contributed by atoms with Crippen molar-refractivity contribution in [1.29, 1.82) is 0 Å². The summed E-state index contributed by atoms with van der Waals surface area (Å²) in [4.78, 5) is 15.2. The molecule has 10 nitrogen and oxygen atoms in total. The number of ether oxygens (including phenoxy) is 3. The van der Waals surface area contributed by atoms with E-state index in [4.69, 9.17) is 14.2 Å². The molecule has 0 unspecified atom stereocenters. The van der Waals surface area contributed by atoms with E-state index in [1.807, 2.05) is 12.1 Å². The molecule has 0 bridgehead atoms. The molecule has 1 fully saturated rings. The van der Waals surface area contributed by atoms with Gasteiger partial charge in [-0.2, -0.15) is 5.10 Å². The number of hydrogen-bond acceptors (Lipinski definition) is 9. The summed E-state index contributed by atoms with van der Waals surface area (Å²) in [6.07, 6.45) is 4.64. The molecule has 2 aromatic carbocycles. The summed E-state index contributed by atoms with van der Waals surface area (Å²) in [6, 6.07) is 10.7. The van der Waals surface area contributed by atoms with Gasteiger partial charge >= 0.3 is 0 Å². The Morgan fingerprint density at radius 2 is 1.89 bits per heavy atom. The van der Waals surface area contributed by atoms with Crippen molar-refractivity contribution in [3.8, 4) is 17.2 Å². The van der Waals surface area contributed by atoms with Gasteiger partial charge in [0, 0.05) is 30.9 Å². The number of rotatable bonds is 6. The Kier molecular flexibility index (Phi) is 5.89. The van der Waals surface area contributed by atoms with Crippen molar-refractivity contribution in [1.82, 2.24) is 24.6 Å². The molecule has 6 rings (SSSR count). The van der Waals surface area contributed by atoms with Crippen molar-refractivity contribution < 1.29 is 18.6 Å². The Balaban J connectivity index is 1.34. The minimum atomic E-state index is -0.448. The van der Waals surface area contributed by atoms with Gasteiger partial charge in [0.15, 0.2) is 17.2 Å². The monoisotopic (exact) mass is 501 g/mol. The lowest BCUT2D eigenvalue weighted by Crippen LogP contribution is -2.36. The largest absolute Gasteiger partial charge is 0.494 e. The first-order valence-electron chi connectivity index (χ1n) is 11.8. The fourth-order valence-electron chi connectivity index (χ4n) is 4.45. The number of aromatic nitrogens is 5. The third-order valence-electron chi connectivity index (χ3n) is 6.36. The highest BCUT2D eigenvalue weighted by Crippen LogP contribution is 2.40. The Morgan fingerprint density at radius 3 is 2.73 bits per heavy atom. The summed E-state index contributed by atoms with van der Waals surface area (Å²) < 4.78 is 34.4. The highest BCUT2D eigenvalue weighted by Gasteiger charge is 2.21. The van der Waals surface area contributed by atoms with Crippen LogP contribution in [0.15, 0.2) is 55.2 Å². The van der Waals surface area contributed by atoms with Crippen LogP contribution in [0.25, 0.3) is 16.6 Å². The van der Waals surface area contributed by atoms with E-state index in [0.29, 0.717) is 58.4 Å². The van der Waals surface area contributed by atoms with E-state index in [9.17, 15) is 0 Å². The Hall–Kier alpha value is -4.51.